The Bertz CT molecular complexity index is 718. The van der Waals surface area contributed by atoms with Gasteiger partial charge in [0.2, 0.25) is 5.91 Å². The molecule has 0 aliphatic carbocycles. The smallest absolute Gasteiger partial charge is 0.306 e. The van der Waals surface area contributed by atoms with Crippen LogP contribution in [-0.2, 0) is 25.5 Å². The molecule has 144 valence electrons. The zero-order valence-electron chi connectivity index (χ0n) is 15.5. The van der Waals surface area contributed by atoms with Crippen molar-refractivity contribution in [3.05, 3.63) is 60.2 Å². The van der Waals surface area contributed by atoms with E-state index in [0.717, 1.165) is 5.56 Å². The average molecular weight is 371 g/mol. The number of benzene rings is 2. The number of hydrogen-bond acceptors (Lipinski definition) is 5. The lowest BCUT2D eigenvalue weighted by atomic mass is 10.2. The molecule has 0 saturated carbocycles. The normalized spacial score (nSPS) is 10.3. The summed E-state index contributed by atoms with van der Waals surface area (Å²) >= 11 is 0. The first-order valence-corrected chi connectivity index (χ1v) is 8.88. The van der Waals surface area contributed by atoms with Gasteiger partial charge in [-0.2, -0.15) is 0 Å². The average Bonchev–Trinajstić information content (AvgIpc) is 2.68. The third kappa shape index (κ3) is 8.37. The number of hydrogen-bond donors (Lipinski definition) is 1. The maximum absolute atomic E-state index is 12.0. The summed E-state index contributed by atoms with van der Waals surface area (Å²) in [6, 6.07) is 16.9. The predicted octanol–water partition coefficient (Wildman–Crippen LogP) is 3.22. The summed E-state index contributed by atoms with van der Waals surface area (Å²) in [4.78, 5) is 23.8. The van der Waals surface area contributed by atoms with Crippen LogP contribution < -0.4 is 10.1 Å². The number of nitrogens with one attached hydrogen (secondary N) is 1. The quantitative estimate of drug-likeness (QED) is 0.485. The predicted molar refractivity (Wildman–Crippen MR) is 103 cm³/mol. The largest absolute Gasteiger partial charge is 0.491 e. The Morgan fingerprint density at radius 1 is 0.926 bits per heavy atom. The van der Waals surface area contributed by atoms with Gasteiger partial charge in [-0.05, 0) is 17.7 Å². The lowest BCUT2D eigenvalue weighted by Gasteiger charge is -2.09. The van der Waals surface area contributed by atoms with Crippen molar-refractivity contribution in [1.82, 2.24) is 0 Å². The van der Waals surface area contributed by atoms with Crippen LogP contribution in [0.1, 0.15) is 18.4 Å². The van der Waals surface area contributed by atoms with Gasteiger partial charge in [0.25, 0.3) is 0 Å². The Labute approximate surface area is 159 Å². The monoisotopic (exact) mass is 371 g/mol. The molecule has 0 atom stereocenters. The van der Waals surface area contributed by atoms with Gasteiger partial charge in [0.05, 0.1) is 19.6 Å². The molecule has 0 fully saturated rings. The van der Waals surface area contributed by atoms with E-state index in [-0.39, 0.29) is 24.7 Å². The van der Waals surface area contributed by atoms with Crippen molar-refractivity contribution in [2.45, 2.75) is 19.3 Å². The van der Waals surface area contributed by atoms with E-state index in [1.807, 2.05) is 30.3 Å². The van der Waals surface area contributed by atoms with Gasteiger partial charge in [-0.1, -0.05) is 36.4 Å². The number of ether oxygens (including phenoxy) is 3. The molecular weight excluding hydrogens is 346 g/mol. The van der Waals surface area contributed by atoms with Gasteiger partial charge in [-0.3, -0.25) is 9.59 Å². The number of rotatable bonds is 11. The molecule has 2 aromatic rings. The van der Waals surface area contributed by atoms with Crippen LogP contribution in [0.3, 0.4) is 0 Å². The van der Waals surface area contributed by atoms with Crippen LogP contribution in [0.5, 0.6) is 5.75 Å². The van der Waals surface area contributed by atoms with Crippen molar-refractivity contribution in [2.75, 3.05) is 32.2 Å². The molecule has 2 aromatic carbocycles. The molecule has 0 unspecified atom stereocenters. The van der Waals surface area contributed by atoms with E-state index in [2.05, 4.69) is 5.32 Å². The van der Waals surface area contributed by atoms with Gasteiger partial charge in [0.1, 0.15) is 12.4 Å². The lowest BCUT2D eigenvalue weighted by molar-refractivity contribution is -0.144. The second-order valence-corrected chi connectivity index (χ2v) is 5.87. The van der Waals surface area contributed by atoms with Gasteiger partial charge in [-0.15, -0.1) is 0 Å². The molecule has 6 nitrogen and oxygen atoms in total. The fraction of sp³-hybridized carbons (Fsp3) is 0.333. The van der Waals surface area contributed by atoms with Crippen LogP contribution in [0.25, 0.3) is 0 Å². The SMILES string of the molecule is COCCOc1cccc(NC(=O)CCC(=O)OCCc2ccccc2)c1. The van der Waals surface area contributed by atoms with Gasteiger partial charge < -0.3 is 19.5 Å². The van der Waals surface area contributed by atoms with Crippen LogP contribution in [-0.4, -0.2) is 38.8 Å². The highest BCUT2D eigenvalue weighted by Crippen LogP contribution is 2.17. The lowest BCUT2D eigenvalue weighted by Crippen LogP contribution is -2.15. The molecular formula is C21H25NO5. The van der Waals surface area contributed by atoms with Crippen LogP contribution in [0.15, 0.2) is 54.6 Å². The molecule has 1 amide bonds. The standard InChI is InChI=1S/C21H25NO5/c1-25-14-15-26-19-9-5-8-18(16-19)22-20(23)10-11-21(24)27-13-12-17-6-3-2-4-7-17/h2-9,16H,10-15H2,1H3,(H,22,23). The Morgan fingerprint density at radius 3 is 2.52 bits per heavy atom. The topological polar surface area (TPSA) is 73.9 Å². The number of methoxy groups -OCH3 is 1. The van der Waals surface area contributed by atoms with Crippen molar-refractivity contribution in [1.29, 1.82) is 0 Å². The summed E-state index contributed by atoms with van der Waals surface area (Å²) in [6.07, 6.45) is 0.776. The number of amides is 1. The third-order valence-electron chi connectivity index (χ3n) is 3.73. The van der Waals surface area contributed by atoms with Gasteiger partial charge >= 0.3 is 5.97 Å². The van der Waals surface area contributed by atoms with Crippen LogP contribution in [0, 0.1) is 0 Å². The minimum absolute atomic E-state index is 0.0463. The molecule has 0 aliphatic rings. The summed E-state index contributed by atoms with van der Waals surface area (Å²) in [5, 5.41) is 2.75. The van der Waals surface area contributed by atoms with Crippen molar-refractivity contribution < 1.29 is 23.8 Å². The molecule has 2 rings (SSSR count). The minimum Gasteiger partial charge on any atom is -0.491 e. The molecule has 0 radical (unpaired) electrons. The number of carbonyl (C=O) groups is 2. The third-order valence-corrected chi connectivity index (χ3v) is 3.73. The Morgan fingerprint density at radius 2 is 1.74 bits per heavy atom. The van der Waals surface area contributed by atoms with E-state index in [1.54, 1.807) is 31.4 Å². The van der Waals surface area contributed by atoms with E-state index < -0.39 is 0 Å². The Kier molecular flexibility index (Phi) is 8.86. The van der Waals surface area contributed by atoms with E-state index in [0.29, 0.717) is 37.7 Å². The first-order chi connectivity index (χ1) is 13.2. The first-order valence-electron chi connectivity index (χ1n) is 8.88. The molecule has 6 heteroatoms. The second-order valence-electron chi connectivity index (χ2n) is 5.87. The number of carbonyl (C=O) groups excluding carboxylic acids is 2. The molecule has 27 heavy (non-hydrogen) atoms. The van der Waals surface area contributed by atoms with Gasteiger partial charge in [0.15, 0.2) is 0 Å². The fourth-order valence-electron chi connectivity index (χ4n) is 2.35. The number of anilines is 1. The molecule has 0 aliphatic heterocycles. The molecule has 0 saturated heterocycles. The van der Waals surface area contributed by atoms with E-state index in [4.69, 9.17) is 14.2 Å². The fourth-order valence-corrected chi connectivity index (χ4v) is 2.35. The van der Waals surface area contributed by atoms with Crippen molar-refractivity contribution in [3.8, 4) is 5.75 Å². The molecule has 1 N–H and O–H groups in total. The zero-order chi connectivity index (χ0) is 19.3. The highest BCUT2D eigenvalue weighted by molar-refractivity contribution is 5.92. The summed E-state index contributed by atoms with van der Waals surface area (Å²) < 4.78 is 15.6. The maximum atomic E-state index is 12.0. The van der Waals surface area contributed by atoms with Crippen molar-refractivity contribution in [3.63, 3.8) is 0 Å². The highest BCUT2D eigenvalue weighted by Gasteiger charge is 2.09. The molecule has 0 bridgehead atoms. The summed E-state index contributed by atoms with van der Waals surface area (Å²) in [6.45, 7) is 1.23. The summed E-state index contributed by atoms with van der Waals surface area (Å²) in [5.41, 5.74) is 1.73. The van der Waals surface area contributed by atoms with Gasteiger partial charge in [-0.25, -0.2) is 0 Å². The van der Waals surface area contributed by atoms with Crippen molar-refractivity contribution >= 4 is 17.6 Å². The minimum atomic E-state index is -0.377. The van der Waals surface area contributed by atoms with Crippen LogP contribution in [0.2, 0.25) is 0 Å². The van der Waals surface area contributed by atoms with Crippen LogP contribution in [0.4, 0.5) is 5.69 Å². The zero-order valence-corrected chi connectivity index (χ0v) is 15.5. The van der Waals surface area contributed by atoms with Crippen LogP contribution >= 0.6 is 0 Å². The van der Waals surface area contributed by atoms with E-state index in [1.165, 1.54) is 0 Å². The number of esters is 1. The summed E-state index contributed by atoms with van der Waals surface area (Å²) in [7, 11) is 1.60. The van der Waals surface area contributed by atoms with E-state index in [9.17, 15) is 9.59 Å². The Hall–Kier alpha value is -2.86. The second kappa shape index (κ2) is 11.7. The summed E-state index contributed by atoms with van der Waals surface area (Å²) in [5.74, 6) is 0.0203. The van der Waals surface area contributed by atoms with Crippen molar-refractivity contribution in [2.24, 2.45) is 0 Å². The Balaban J connectivity index is 1.66. The highest BCUT2D eigenvalue weighted by atomic mass is 16.5. The van der Waals surface area contributed by atoms with Gasteiger partial charge in [0, 0.05) is 31.7 Å². The molecule has 0 spiro atoms. The van der Waals surface area contributed by atoms with E-state index >= 15 is 0 Å². The molecule has 0 heterocycles. The molecule has 0 aromatic heterocycles. The first kappa shape index (κ1) is 20.5. The maximum Gasteiger partial charge on any atom is 0.306 e.